The lowest BCUT2D eigenvalue weighted by atomic mass is 9.61. The van der Waals surface area contributed by atoms with E-state index in [0.29, 0.717) is 16.9 Å². The highest BCUT2D eigenvalue weighted by Crippen LogP contribution is 2.55. The predicted molar refractivity (Wildman–Crippen MR) is 157 cm³/mol. The lowest BCUT2D eigenvalue weighted by molar-refractivity contribution is -0.130. The minimum Gasteiger partial charge on any atom is -0.320 e. The third-order valence-electron chi connectivity index (χ3n) is 8.19. The number of allylic oxidation sites excluding steroid dienone is 1. The molecule has 2 amide bonds. The summed E-state index contributed by atoms with van der Waals surface area (Å²) in [4.78, 5) is 30.0. The van der Waals surface area contributed by atoms with Crippen LogP contribution in [0.2, 0.25) is 0 Å². The first-order valence-corrected chi connectivity index (χ1v) is 13.8. The third kappa shape index (κ3) is 4.67. The van der Waals surface area contributed by atoms with Gasteiger partial charge in [-0.05, 0) is 48.2 Å². The van der Waals surface area contributed by atoms with E-state index in [9.17, 15) is 9.59 Å². The van der Waals surface area contributed by atoms with E-state index in [2.05, 4.69) is 47.8 Å². The first-order chi connectivity index (χ1) is 19.2. The maximum atomic E-state index is 15.0. The van der Waals surface area contributed by atoms with Gasteiger partial charge in [0, 0.05) is 11.5 Å². The van der Waals surface area contributed by atoms with E-state index in [1.54, 1.807) is 12.1 Å². The predicted octanol–water partition coefficient (Wildman–Crippen LogP) is 8.06. The number of amides is 2. The number of benzene rings is 4. The van der Waals surface area contributed by atoms with Crippen LogP contribution in [0.15, 0.2) is 121 Å². The van der Waals surface area contributed by atoms with Crippen LogP contribution in [0, 0.1) is 5.41 Å². The molecule has 1 fully saturated rings. The van der Waals surface area contributed by atoms with Crippen molar-refractivity contribution in [3.63, 3.8) is 0 Å². The Morgan fingerprint density at radius 3 is 2.00 bits per heavy atom. The van der Waals surface area contributed by atoms with E-state index >= 15 is 0 Å². The number of nitrogens with zero attached hydrogens (tertiary/aromatic N) is 1. The smallest absolute Gasteiger partial charge is 0.255 e. The van der Waals surface area contributed by atoms with Gasteiger partial charge in [-0.1, -0.05) is 116 Å². The van der Waals surface area contributed by atoms with Gasteiger partial charge in [0.15, 0.2) is 0 Å². The van der Waals surface area contributed by atoms with Crippen LogP contribution in [-0.2, 0) is 4.79 Å². The molecule has 4 heteroatoms. The Morgan fingerprint density at radius 1 is 0.718 bits per heavy atom. The van der Waals surface area contributed by atoms with Crippen molar-refractivity contribution in [1.29, 1.82) is 0 Å². The summed E-state index contributed by atoms with van der Waals surface area (Å²) in [7, 11) is 0. The number of hydrogen-bond acceptors (Lipinski definition) is 2. The molecular weight excluding hydrogens is 480 g/mol. The lowest BCUT2D eigenvalue weighted by Crippen LogP contribution is -2.51. The molecule has 1 atom stereocenters. The van der Waals surface area contributed by atoms with Crippen LogP contribution in [0.4, 0.5) is 11.4 Å². The fourth-order valence-corrected chi connectivity index (χ4v) is 6.27. The molecule has 0 aromatic heterocycles. The molecule has 1 saturated carbocycles. The van der Waals surface area contributed by atoms with Gasteiger partial charge in [0.2, 0.25) is 5.91 Å². The topological polar surface area (TPSA) is 49.4 Å². The van der Waals surface area contributed by atoms with Crippen molar-refractivity contribution in [3.8, 4) is 0 Å². The molecule has 4 aromatic rings. The summed E-state index contributed by atoms with van der Waals surface area (Å²) in [6.45, 7) is 0. The van der Waals surface area contributed by atoms with Crippen molar-refractivity contribution in [3.05, 3.63) is 138 Å². The van der Waals surface area contributed by atoms with Crippen LogP contribution in [-0.4, -0.2) is 11.8 Å². The Morgan fingerprint density at radius 2 is 1.31 bits per heavy atom. The molecule has 1 N–H and O–H groups in total. The molecular formula is C35H32N2O2. The average Bonchev–Trinajstić information content (AvgIpc) is 3.01. The molecule has 4 nitrogen and oxygen atoms in total. The van der Waals surface area contributed by atoms with Crippen LogP contribution < -0.4 is 10.2 Å². The molecule has 1 aliphatic heterocycles. The van der Waals surface area contributed by atoms with Gasteiger partial charge in [0.1, 0.15) is 0 Å². The summed E-state index contributed by atoms with van der Waals surface area (Å²) < 4.78 is 0. The number of nitrogens with one attached hydrogen (secondary N) is 1. The molecule has 0 saturated heterocycles. The zero-order valence-electron chi connectivity index (χ0n) is 21.9. The highest BCUT2D eigenvalue weighted by molar-refractivity contribution is 6.15. The maximum Gasteiger partial charge on any atom is 0.255 e. The maximum absolute atomic E-state index is 15.0. The van der Waals surface area contributed by atoms with Crippen LogP contribution in [0.1, 0.15) is 59.5 Å². The number of carbonyl (C=O) groups excluding carboxylic acids is 2. The molecule has 1 heterocycles. The summed E-state index contributed by atoms with van der Waals surface area (Å²) in [5.74, 6) is -0.116. The first kappa shape index (κ1) is 24.9. The van der Waals surface area contributed by atoms with Gasteiger partial charge in [-0.25, -0.2) is 0 Å². The Balaban J connectivity index is 1.52. The highest BCUT2D eigenvalue weighted by Gasteiger charge is 2.52. The van der Waals surface area contributed by atoms with Gasteiger partial charge in [0.05, 0.1) is 22.5 Å². The SMILES string of the molecule is O=C(Nc1ccccc1N1C(=O)C2(CCCCC2)C(c2ccccc2)C=C1c1ccccc1)c1ccccc1. The summed E-state index contributed by atoms with van der Waals surface area (Å²) in [5, 5.41) is 3.09. The summed E-state index contributed by atoms with van der Waals surface area (Å²) in [6.07, 6.45) is 7.20. The zero-order valence-corrected chi connectivity index (χ0v) is 21.9. The molecule has 6 rings (SSSR count). The van der Waals surface area contributed by atoms with Crippen molar-refractivity contribution in [2.24, 2.45) is 5.41 Å². The van der Waals surface area contributed by atoms with Crippen molar-refractivity contribution in [2.45, 2.75) is 38.0 Å². The molecule has 0 bridgehead atoms. The van der Waals surface area contributed by atoms with E-state index in [1.807, 2.05) is 71.6 Å². The summed E-state index contributed by atoms with van der Waals surface area (Å²) in [6, 6.07) is 37.4. The first-order valence-electron chi connectivity index (χ1n) is 13.8. The number of hydrogen-bond donors (Lipinski definition) is 1. The number of carbonyl (C=O) groups is 2. The van der Waals surface area contributed by atoms with Crippen molar-refractivity contribution in [1.82, 2.24) is 0 Å². The van der Waals surface area contributed by atoms with E-state index in [1.165, 1.54) is 5.56 Å². The number of anilines is 2. The Bertz CT molecular complexity index is 1490. The second-order valence-corrected chi connectivity index (χ2v) is 10.5. The molecule has 0 radical (unpaired) electrons. The van der Waals surface area contributed by atoms with Crippen LogP contribution in [0.5, 0.6) is 0 Å². The molecule has 2 aliphatic rings. The quantitative estimate of drug-likeness (QED) is 0.294. The van der Waals surface area contributed by atoms with Gasteiger partial charge >= 0.3 is 0 Å². The Hall–Kier alpha value is -4.44. The molecule has 1 aliphatic carbocycles. The summed E-state index contributed by atoms with van der Waals surface area (Å²) >= 11 is 0. The Kier molecular flexibility index (Phi) is 6.85. The van der Waals surface area contributed by atoms with Gasteiger partial charge < -0.3 is 5.32 Å². The van der Waals surface area contributed by atoms with Gasteiger partial charge in [-0.3, -0.25) is 14.5 Å². The van der Waals surface area contributed by atoms with E-state index < -0.39 is 5.41 Å². The van der Waals surface area contributed by atoms with E-state index in [-0.39, 0.29) is 17.7 Å². The van der Waals surface area contributed by atoms with Gasteiger partial charge in [-0.2, -0.15) is 0 Å². The molecule has 1 spiro atoms. The monoisotopic (exact) mass is 512 g/mol. The number of para-hydroxylation sites is 2. The Labute approximate surface area is 230 Å². The second-order valence-electron chi connectivity index (χ2n) is 10.5. The van der Waals surface area contributed by atoms with Crippen molar-refractivity contribution in [2.75, 3.05) is 10.2 Å². The largest absolute Gasteiger partial charge is 0.320 e. The molecule has 39 heavy (non-hydrogen) atoms. The van der Waals surface area contributed by atoms with Gasteiger partial charge in [-0.15, -0.1) is 0 Å². The number of rotatable bonds is 5. The van der Waals surface area contributed by atoms with Crippen LogP contribution in [0.3, 0.4) is 0 Å². The standard InChI is InChI=1S/C35H32N2O2/c38-33(28-19-9-3-10-20-28)36-30-21-11-12-22-31(30)37-32(27-17-7-2-8-18-27)25-29(26-15-5-1-6-16-26)35(34(37)39)23-13-4-14-24-35/h1-3,5-12,15-22,25,29H,4,13-14,23-24H2,(H,36,38). The third-order valence-corrected chi connectivity index (χ3v) is 8.19. The van der Waals surface area contributed by atoms with Crippen LogP contribution in [0.25, 0.3) is 5.70 Å². The minimum absolute atomic E-state index is 0.0240. The van der Waals surface area contributed by atoms with E-state index in [4.69, 9.17) is 0 Å². The molecule has 194 valence electrons. The average molecular weight is 513 g/mol. The molecule has 4 aromatic carbocycles. The van der Waals surface area contributed by atoms with Gasteiger partial charge in [0.25, 0.3) is 5.91 Å². The van der Waals surface area contributed by atoms with Crippen LogP contribution >= 0.6 is 0 Å². The lowest BCUT2D eigenvalue weighted by Gasteiger charge is -2.48. The normalized spacial score (nSPS) is 18.5. The fourth-order valence-electron chi connectivity index (χ4n) is 6.27. The minimum atomic E-state index is -0.533. The van der Waals surface area contributed by atoms with Crippen molar-refractivity contribution >= 4 is 28.9 Å². The zero-order chi connectivity index (χ0) is 26.7. The highest BCUT2D eigenvalue weighted by atomic mass is 16.2. The second kappa shape index (κ2) is 10.7. The fraction of sp³-hybridized carbons (Fsp3) is 0.200. The van der Waals surface area contributed by atoms with Crippen molar-refractivity contribution < 1.29 is 9.59 Å². The van der Waals surface area contributed by atoms with E-state index in [0.717, 1.165) is 43.4 Å². The molecule has 1 unspecified atom stereocenters. The summed E-state index contributed by atoms with van der Waals surface area (Å²) in [5.41, 5.74) is 4.35.